The second-order valence-electron chi connectivity index (χ2n) is 4.44. The third kappa shape index (κ3) is 2.65. The van der Waals surface area contributed by atoms with Gasteiger partial charge in [-0.2, -0.15) is 5.26 Å². The van der Waals surface area contributed by atoms with Crippen molar-refractivity contribution in [2.24, 2.45) is 11.7 Å². The molecular formula is C13H14BrN3O. The van der Waals surface area contributed by atoms with E-state index in [0.717, 1.165) is 36.1 Å². The van der Waals surface area contributed by atoms with E-state index in [9.17, 15) is 4.79 Å². The molecule has 0 radical (unpaired) electrons. The van der Waals surface area contributed by atoms with Gasteiger partial charge >= 0.3 is 0 Å². The molecule has 18 heavy (non-hydrogen) atoms. The molecule has 5 heteroatoms. The van der Waals surface area contributed by atoms with Crippen molar-refractivity contribution in [1.29, 1.82) is 5.26 Å². The van der Waals surface area contributed by atoms with E-state index in [-0.39, 0.29) is 11.8 Å². The number of hydrogen-bond donors (Lipinski definition) is 1. The third-order valence-corrected chi connectivity index (χ3v) is 3.99. The normalized spacial score (nSPS) is 16.3. The van der Waals surface area contributed by atoms with Crippen LogP contribution in [0.25, 0.3) is 0 Å². The van der Waals surface area contributed by atoms with Gasteiger partial charge in [0.2, 0.25) is 5.91 Å². The molecule has 4 nitrogen and oxygen atoms in total. The van der Waals surface area contributed by atoms with Crippen LogP contribution in [-0.4, -0.2) is 19.0 Å². The molecule has 1 saturated heterocycles. The summed E-state index contributed by atoms with van der Waals surface area (Å²) in [5.74, 6) is -0.196. The standard InChI is InChI=1S/C13H14BrN3O/c14-12-7-11(2-1-10(12)8-15)17-5-3-9(4-6-17)13(16)18/h1-2,7,9H,3-6H2,(H2,16,18). The lowest BCUT2D eigenvalue weighted by atomic mass is 9.96. The zero-order valence-corrected chi connectivity index (χ0v) is 11.5. The molecule has 0 unspecified atom stereocenters. The van der Waals surface area contributed by atoms with Crippen LogP contribution in [-0.2, 0) is 4.79 Å². The number of amides is 1. The Labute approximate surface area is 115 Å². The summed E-state index contributed by atoms with van der Waals surface area (Å²) >= 11 is 3.39. The van der Waals surface area contributed by atoms with E-state index < -0.39 is 0 Å². The summed E-state index contributed by atoms with van der Waals surface area (Å²) in [6.45, 7) is 1.65. The molecule has 0 aliphatic carbocycles. The quantitative estimate of drug-likeness (QED) is 0.908. The highest BCUT2D eigenvalue weighted by Crippen LogP contribution is 2.27. The van der Waals surface area contributed by atoms with Gasteiger partial charge in [0.05, 0.1) is 5.56 Å². The van der Waals surface area contributed by atoms with E-state index in [2.05, 4.69) is 26.9 Å². The molecule has 1 aliphatic rings. The van der Waals surface area contributed by atoms with Gasteiger partial charge in [-0.1, -0.05) is 0 Å². The number of hydrogen-bond acceptors (Lipinski definition) is 3. The van der Waals surface area contributed by atoms with Crippen molar-refractivity contribution in [3.8, 4) is 6.07 Å². The van der Waals surface area contributed by atoms with Crippen molar-refractivity contribution < 1.29 is 4.79 Å². The molecule has 1 aliphatic heterocycles. The van der Waals surface area contributed by atoms with E-state index >= 15 is 0 Å². The van der Waals surface area contributed by atoms with Crippen molar-refractivity contribution in [1.82, 2.24) is 0 Å². The molecule has 0 aromatic heterocycles. The van der Waals surface area contributed by atoms with E-state index in [0.29, 0.717) is 5.56 Å². The Bertz CT molecular complexity index is 501. The first-order valence-electron chi connectivity index (χ1n) is 5.85. The Hall–Kier alpha value is -1.54. The summed E-state index contributed by atoms with van der Waals surface area (Å²) in [4.78, 5) is 13.3. The fourth-order valence-corrected chi connectivity index (χ4v) is 2.67. The average Bonchev–Trinajstić information content (AvgIpc) is 2.38. The van der Waals surface area contributed by atoms with Gasteiger partial charge in [-0.15, -0.1) is 0 Å². The minimum absolute atomic E-state index is 0.00284. The summed E-state index contributed by atoms with van der Waals surface area (Å²) < 4.78 is 0.805. The molecule has 1 fully saturated rings. The van der Waals surface area contributed by atoms with Gasteiger partial charge in [-0.25, -0.2) is 0 Å². The maximum absolute atomic E-state index is 11.1. The summed E-state index contributed by atoms with van der Waals surface area (Å²) in [6.07, 6.45) is 1.60. The SMILES string of the molecule is N#Cc1ccc(N2CCC(C(N)=O)CC2)cc1Br. The van der Waals surface area contributed by atoms with Gasteiger partial charge in [-0.3, -0.25) is 4.79 Å². The number of nitrogens with two attached hydrogens (primary N) is 1. The van der Waals surface area contributed by atoms with Crippen molar-refractivity contribution in [2.75, 3.05) is 18.0 Å². The number of halogens is 1. The zero-order chi connectivity index (χ0) is 13.1. The van der Waals surface area contributed by atoms with Crippen LogP contribution in [0.15, 0.2) is 22.7 Å². The second-order valence-corrected chi connectivity index (χ2v) is 5.29. The van der Waals surface area contributed by atoms with Crippen LogP contribution in [0.1, 0.15) is 18.4 Å². The Morgan fingerprint density at radius 3 is 2.61 bits per heavy atom. The van der Waals surface area contributed by atoms with E-state index in [1.807, 2.05) is 12.1 Å². The molecule has 94 valence electrons. The Morgan fingerprint density at radius 1 is 1.44 bits per heavy atom. The Balaban J connectivity index is 2.08. The maximum atomic E-state index is 11.1. The molecule has 0 bridgehead atoms. The average molecular weight is 308 g/mol. The van der Waals surface area contributed by atoms with Crippen LogP contribution in [0, 0.1) is 17.2 Å². The lowest BCUT2D eigenvalue weighted by Crippen LogP contribution is -2.38. The molecule has 1 aromatic rings. The van der Waals surface area contributed by atoms with Gasteiger partial charge in [0.15, 0.2) is 0 Å². The first kappa shape index (κ1) is 12.9. The summed E-state index contributed by atoms with van der Waals surface area (Å²) in [7, 11) is 0. The monoisotopic (exact) mass is 307 g/mol. The lowest BCUT2D eigenvalue weighted by molar-refractivity contribution is -0.122. The number of nitriles is 1. The van der Waals surface area contributed by atoms with Crippen molar-refractivity contribution in [3.05, 3.63) is 28.2 Å². The van der Waals surface area contributed by atoms with Crippen molar-refractivity contribution in [3.63, 3.8) is 0 Å². The maximum Gasteiger partial charge on any atom is 0.220 e. The third-order valence-electron chi connectivity index (χ3n) is 3.34. The largest absolute Gasteiger partial charge is 0.371 e. The highest BCUT2D eigenvalue weighted by Gasteiger charge is 2.23. The van der Waals surface area contributed by atoms with Gasteiger partial charge < -0.3 is 10.6 Å². The van der Waals surface area contributed by atoms with Gasteiger partial charge in [0.25, 0.3) is 0 Å². The molecule has 1 aromatic carbocycles. The molecule has 2 N–H and O–H groups in total. The molecule has 1 heterocycles. The van der Waals surface area contributed by atoms with Crippen LogP contribution in [0.4, 0.5) is 5.69 Å². The molecular weight excluding hydrogens is 294 g/mol. The van der Waals surface area contributed by atoms with Crippen LogP contribution in [0.2, 0.25) is 0 Å². The van der Waals surface area contributed by atoms with Crippen molar-refractivity contribution >= 4 is 27.5 Å². The van der Waals surface area contributed by atoms with Crippen molar-refractivity contribution in [2.45, 2.75) is 12.8 Å². The van der Waals surface area contributed by atoms with E-state index in [1.165, 1.54) is 0 Å². The van der Waals surface area contributed by atoms with Crippen LogP contribution in [0.5, 0.6) is 0 Å². The minimum Gasteiger partial charge on any atom is -0.371 e. The highest BCUT2D eigenvalue weighted by atomic mass is 79.9. The summed E-state index contributed by atoms with van der Waals surface area (Å²) in [6, 6.07) is 7.81. The molecule has 2 rings (SSSR count). The lowest BCUT2D eigenvalue weighted by Gasteiger charge is -2.32. The van der Waals surface area contributed by atoms with Crippen LogP contribution >= 0.6 is 15.9 Å². The molecule has 0 spiro atoms. The highest BCUT2D eigenvalue weighted by molar-refractivity contribution is 9.10. The Kier molecular flexibility index (Phi) is 3.87. The zero-order valence-electron chi connectivity index (χ0n) is 9.90. The number of piperidine rings is 1. The first-order valence-corrected chi connectivity index (χ1v) is 6.65. The van der Waals surface area contributed by atoms with Crippen LogP contribution in [0.3, 0.4) is 0 Å². The van der Waals surface area contributed by atoms with Gasteiger partial charge in [-0.05, 0) is 47.0 Å². The summed E-state index contributed by atoms with van der Waals surface area (Å²) in [5, 5.41) is 8.87. The fourth-order valence-electron chi connectivity index (χ4n) is 2.21. The van der Waals surface area contributed by atoms with E-state index in [4.69, 9.17) is 11.0 Å². The molecule has 0 saturated carbocycles. The second kappa shape index (κ2) is 5.40. The minimum atomic E-state index is -0.198. The number of carbonyl (C=O) groups excluding carboxylic acids is 1. The van der Waals surface area contributed by atoms with E-state index in [1.54, 1.807) is 6.07 Å². The molecule has 0 atom stereocenters. The van der Waals surface area contributed by atoms with Crippen LogP contribution < -0.4 is 10.6 Å². The Morgan fingerprint density at radius 2 is 2.11 bits per heavy atom. The first-order chi connectivity index (χ1) is 8.61. The molecule has 1 amide bonds. The summed E-state index contributed by atoms with van der Waals surface area (Å²) in [5.41, 5.74) is 7.02. The number of benzene rings is 1. The van der Waals surface area contributed by atoms with Gasteiger partial charge in [0.1, 0.15) is 6.07 Å². The fraction of sp³-hybridized carbons (Fsp3) is 0.385. The number of carbonyl (C=O) groups is 1. The number of anilines is 1. The predicted molar refractivity (Wildman–Crippen MR) is 73.0 cm³/mol. The number of nitrogens with zero attached hydrogens (tertiary/aromatic N) is 2. The number of primary amides is 1. The van der Waals surface area contributed by atoms with Gasteiger partial charge in [0, 0.05) is 29.2 Å². The predicted octanol–water partition coefficient (Wildman–Crippen LogP) is 2.02. The smallest absolute Gasteiger partial charge is 0.220 e. The topological polar surface area (TPSA) is 70.1 Å². The number of rotatable bonds is 2.